The molecule has 0 heterocycles. The molecule has 2 saturated carbocycles. The van der Waals surface area contributed by atoms with Gasteiger partial charge in [0.15, 0.2) is 0 Å². The summed E-state index contributed by atoms with van der Waals surface area (Å²) in [6.45, 7) is 3.43. The van der Waals surface area contributed by atoms with Crippen LogP contribution in [-0.4, -0.2) is 12.6 Å². The highest BCUT2D eigenvalue weighted by Gasteiger charge is 2.41. The standard InChI is InChI=1S/C14H24N2/c1-2-7-14(8-9-14)11-16-13-6-4-3-5-12(13)10-15/h12-13,16H,2-9,11H2,1H3. The van der Waals surface area contributed by atoms with Crippen molar-refractivity contribution in [2.24, 2.45) is 11.3 Å². The zero-order chi connectivity index (χ0) is 11.4. The molecule has 2 unspecified atom stereocenters. The van der Waals surface area contributed by atoms with Gasteiger partial charge < -0.3 is 5.32 Å². The van der Waals surface area contributed by atoms with Crippen molar-refractivity contribution in [3.8, 4) is 6.07 Å². The third-order valence-electron chi connectivity index (χ3n) is 4.41. The quantitative estimate of drug-likeness (QED) is 0.772. The van der Waals surface area contributed by atoms with E-state index in [1.165, 1.54) is 44.9 Å². The van der Waals surface area contributed by atoms with Crippen LogP contribution in [0.15, 0.2) is 0 Å². The van der Waals surface area contributed by atoms with E-state index in [0.29, 0.717) is 11.5 Å². The van der Waals surface area contributed by atoms with Gasteiger partial charge in [-0.2, -0.15) is 5.26 Å². The third kappa shape index (κ3) is 2.77. The molecular formula is C14H24N2. The van der Waals surface area contributed by atoms with E-state index >= 15 is 0 Å². The van der Waals surface area contributed by atoms with Gasteiger partial charge in [0, 0.05) is 12.6 Å². The van der Waals surface area contributed by atoms with Gasteiger partial charge in [0.1, 0.15) is 0 Å². The topological polar surface area (TPSA) is 35.8 Å². The van der Waals surface area contributed by atoms with E-state index in [9.17, 15) is 0 Å². The number of nitrogens with zero attached hydrogens (tertiary/aromatic N) is 1. The lowest BCUT2D eigenvalue weighted by Gasteiger charge is -2.29. The summed E-state index contributed by atoms with van der Waals surface area (Å²) in [7, 11) is 0. The first-order valence-corrected chi connectivity index (χ1v) is 6.93. The van der Waals surface area contributed by atoms with E-state index < -0.39 is 0 Å². The monoisotopic (exact) mass is 220 g/mol. The second-order valence-corrected chi connectivity index (χ2v) is 5.76. The van der Waals surface area contributed by atoms with E-state index in [-0.39, 0.29) is 5.92 Å². The molecule has 0 amide bonds. The summed E-state index contributed by atoms with van der Waals surface area (Å²) < 4.78 is 0. The van der Waals surface area contributed by atoms with Crippen molar-refractivity contribution in [1.29, 1.82) is 5.26 Å². The molecule has 1 N–H and O–H groups in total. The van der Waals surface area contributed by atoms with Gasteiger partial charge >= 0.3 is 0 Å². The minimum absolute atomic E-state index is 0.270. The zero-order valence-corrected chi connectivity index (χ0v) is 10.5. The SMILES string of the molecule is CCCC1(CNC2CCCCC2C#N)CC1. The summed E-state index contributed by atoms with van der Waals surface area (Å²) in [5.74, 6) is 0.270. The summed E-state index contributed by atoms with van der Waals surface area (Å²) in [6.07, 6.45) is 10.3. The minimum atomic E-state index is 0.270. The Balaban J connectivity index is 1.78. The molecule has 16 heavy (non-hydrogen) atoms. The molecule has 2 atom stereocenters. The van der Waals surface area contributed by atoms with Crippen LogP contribution < -0.4 is 5.32 Å². The molecule has 0 spiro atoms. The fourth-order valence-electron chi connectivity index (χ4n) is 3.10. The van der Waals surface area contributed by atoms with Crippen LogP contribution in [0.5, 0.6) is 0 Å². The number of rotatable bonds is 5. The number of nitriles is 1. The highest BCUT2D eigenvalue weighted by atomic mass is 14.9. The molecular weight excluding hydrogens is 196 g/mol. The summed E-state index contributed by atoms with van der Waals surface area (Å²) >= 11 is 0. The molecule has 2 rings (SSSR count). The Morgan fingerprint density at radius 1 is 1.31 bits per heavy atom. The molecule has 0 bridgehead atoms. The Morgan fingerprint density at radius 2 is 2.06 bits per heavy atom. The van der Waals surface area contributed by atoms with Crippen LogP contribution in [0.2, 0.25) is 0 Å². The third-order valence-corrected chi connectivity index (χ3v) is 4.41. The summed E-state index contributed by atoms with van der Waals surface area (Å²) in [5.41, 5.74) is 0.617. The molecule has 0 aromatic rings. The van der Waals surface area contributed by atoms with Crippen LogP contribution in [0.1, 0.15) is 58.3 Å². The molecule has 2 aliphatic rings. The van der Waals surface area contributed by atoms with Crippen molar-refractivity contribution in [2.45, 2.75) is 64.3 Å². The lowest BCUT2D eigenvalue weighted by Crippen LogP contribution is -2.40. The Kier molecular flexibility index (Phi) is 3.86. The highest BCUT2D eigenvalue weighted by Crippen LogP contribution is 2.49. The Bertz CT molecular complexity index is 262. The number of hydrogen-bond acceptors (Lipinski definition) is 2. The maximum absolute atomic E-state index is 9.12. The van der Waals surface area contributed by atoms with Crippen molar-refractivity contribution >= 4 is 0 Å². The molecule has 90 valence electrons. The molecule has 2 aliphatic carbocycles. The maximum Gasteiger partial charge on any atom is 0.0672 e. The van der Waals surface area contributed by atoms with Crippen LogP contribution in [0.3, 0.4) is 0 Å². The Labute approximate surface area is 99.4 Å². The fourth-order valence-corrected chi connectivity index (χ4v) is 3.10. The van der Waals surface area contributed by atoms with Crippen LogP contribution >= 0.6 is 0 Å². The zero-order valence-electron chi connectivity index (χ0n) is 10.5. The van der Waals surface area contributed by atoms with Crippen LogP contribution in [0, 0.1) is 22.7 Å². The maximum atomic E-state index is 9.12. The van der Waals surface area contributed by atoms with Crippen molar-refractivity contribution in [3.05, 3.63) is 0 Å². The first-order chi connectivity index (χ1) is 7.79. The van der Waals surface area contributed by atoms with Crippen molar-refractivity contribution in [1.82, 2.24) is 5.32 Å². The van der Waals surface area contributed by atoms with Gasteiger partial charge in [0.2, 0.25) is 0 Å². The summed E-state index contributed by atoms with van der Waals surface area (Å²) in [6, 6.07) is 2.96. The summed E-state index contributed by atoms with van der Waals surface area (Å²) in [4.78, 5) is 0. The molecule has 2 heteroatoms. The summed E-state index contributed by atoms with van der Waals surface area (Å²) in [5, 5.41) is 12.8. The highest BCUT2D eigenvalue weighted by molar-refractivity contribution is 4.99. The van der Waals surface area contributed by atoms with E-state index in [0.717, 1.165) is 13.0 Å². The lowest BCUT2D eigenvalue weighted by molar-refractivity contribution is 0.285. The second kappa shape index (κ2) is 5.19. The van der Waals surface area contributed by atoms with Gasteiger partial charge in [0.25, 0.3) is 0 Å². The molecule has 0 saturated heterocycles. The predicted molar refractivity (Wildman–Crippen MR) is 65.9 cm³/mol. The van der Waals surface area contributed by atoms with Crippen molar-refractivity contribution in [2.75, 3.05) is 6.54 Å². The van der Waals surface area contributed by atoms with Gasteiger partial charge in [-0.15, -0.1) is 0 Å². The number of nitrogens with one attached hydrogen (secondary N) is 1. The van der Waals surface area contributed by atoms with Gasteiger partial charge in [-0.05, 0) is 37.5 Å². The largest absolute Gasteiger partial charge is 0.312 e. The number of hydrogen-bond donors (Lipinski definition) is 1. The van der Waals surface area contributed by atoms with E-state index in [4.69, 9.17) is 5.26 Å². The van der Waals surface area contributed by atoms with Crippen LogP contribution in [0.4, 0.5) is 0 Å². The molecule has 0 aliphatic heterocycles. The van der Waals surface area contributed by atoms with E-state index in [1.807, 2.05) is 0 Å². The Hall–Kier alpha value is -0.550. The van der Waals surface area contributed by atoms with E-state index in [1.54, 1.807) is 0 Å². The molecule has 0 radical (unpaired) electrons. The van der Waals surface area contributed by atoms with E-state index in [2.05, 4.69) is 18.3 Å². The fraction of sp³-hybridized carbons (Fsp3) is 0.929. The Morgan fingerprint density at radius 3 is 2.69 bits per heavy atom. The second-order valence-electron chi connectivity index (χ2n) is 5.76. The molecule has 0 aromatic heterocycles. The van der Waals surface area contributed by atoms with Crippen LogP contribution in [0.25, 0.3) is 0 Å². The lowest BCUT2D eigenvalue weighted by atomic mass is 9.85. The predicted octanol–water partition coefficient (Wildman–Crippen LogP) is 3.24. The van der Waals surface area contributed by atoms with Crippen molar-refractivity contribution in [3.63, 3.8) is 0 Å². The first-order valence-electron chi connectivity index (χ1n) is 6.93. The smallest absolute Gasteiger partial charge is 0.0672 e. The van der Waals surface area contributed by atoms with Gasteiger partial charge in [-0.25, -0.2) is 0 Å². The van der Waals surface area contributed by atoms with Crippen molar-refractivity contribution < 1.29 is 0 Å². The first kappa shape index (κ1) is 11.9. The van der Waals surface area contributed by atoms with Crippen LogP contribution in [-0.2, 0) is 0 Å². The molecule has 2 nitrogen and oxygen atoms in total. The molecule has 2 fully saturated rings. The normalized spacial score (nSPS) is 32.0. The molecule has 0 aromatic carbocycles. The van der Waals surface area contributed by atoms with Gasteiger partial charge in [-0.3, -0.25) is 0 Å². The van der Waals surface area contributed by atoms with Gasteiger partial charge in [-0.1, -0.05) is 26.2 Å². The average molecular weight is 220 g/mol. The average Bonchev–Trinajstić information content (AvgIpc) is 3.08. The van der Waals surface area contributed by atoms with Gasteiger partial charge in [0.05, 0.1) is 12.0 Å². The minimum Gasteiger partial charge on any atom is -0.312 e.